The van der Waals surface area contributed by atoms with E-state index >= 15 is 0 Å². The molecule has 6 nitrogen and oxygen atoms in total. The van der Waals surface area contributed by atoms with Crippen molar-refractivity contribution >= 4 is 44.7 Å². The van der Waals surface area contributed by atoms with Crippen LogP contribution in [-0.2, 0) is 9.59 Å². The minimum atomic E-state index is -0.861. The van der Waals surface area contributed by atoms with Gasteiger partial charge in [0.25, 0.3) is 0 Å². The molecule has 4 aromatic rings. The van der Waals surface area contributed by atoms with Gasteiger partial charge in [-0.25, -0.2) is 4.98 Å². The van der Waals surface area contributed by atoms with E-state index in [0.717, 1.165) is 26.4 Å². The second kappa shape index (κ2) is 7.96. The number of carbonyl (C=O) groups is 2. The Morgan fingerprint density at radius 3 is 2.27 bits per heavy atom. The van der Waals surface area contributed by atoms with Crippen LogP contribution in [0.25, 0.3) is 20.8 Å². The van der Waals surface area contributed by atoms with Crippen molar-refractivity contribution in [3.63, 3.8) is 0 Å². The first kappa shape index (κ1) is 19.6. The number of thiazole rings is 1. The summed E-state index contributed by atoms with van der Waals surface area (Å²) in [7, 11) is 0. The quantitative estimate of drug-likeness (QED) is 0.328. The zero-order valence-corrected chi connectivity index (χ0v) is 17.2. The number of fused-ring (bicyclic) bond motifs is 1. The highest BCUT2D eigenvalue weighted by Crippen LogP contribution is 2.31. The van der Waals surface area contributed by atoms with Crippen LogP contribution in [0.2, 0.25) is 0 Å². The molecular formula is C23H19N3O3S. The molecule has 3 aromatic carbocycles. The molecule has 0 saturated carbocycles. The minimum absolute atomic E-state index is 0.0912. The van der Waals surface area contributed by atoms with Crippen LogP contribution in [0.5, 0.6) is 5.75 Å². The molecule has 1 aromatic heterocycles. The summed E-state index contributed by atoms with van der Waals surface area (Å²) in [5.74, 6) is -1.77. The number of benzene rings is 3. The third-order valence-corrected chi connectivity index (χ3v) is 5.61. The largest absolute Gasteiger partial charge is 0.506 e. The monoisotopic (exact) mass is 417 g/mol. The summed E-state index contributed by atoms with van der Waals surface area (Å²) in [6.45, 7) is 3.86. The number of nitrogens with one attached hydrogen (secondary N) is 2. The maximum Gasteiger partial charge on any atom is 0.314 e. The molecule has 2 amide bonds. The van der Waals surface area contributed by atoms with Crippen LogP contribution in [0.15, 0.2) is 60.7 Å². The first-order valence-electron chi connectivity index (χ1n) is 9.28. The molecule has 7 heteroatoms. The maximum absolute atomic E-state index is 12.2. The van der Waals surface area contributed by atoms with Crippen molar-refractivity contribution in [2.24, 2.45) is 0 Å². The highest BCUT2D eigenvalue weighted by atomic mass is 32.1. The topological polar surface area (TPSA) is 91.3 Å². The molecule has 0 spiro atoms. The Morgan fingerprint density at radius 2 is 1.53 bits per heavy atom. The lowest BCUT2D eigenvalue weighted by molar-refractivity contribution is -0.133. The molecule has 4 rings (SSSR count). The molecule has 0 atom stereocenters. The fraction of sp³-hybridized carbons (Fsp3) is 0.0870. The van der Waals surface area contributed by atoms with E-state index in [2.05, 4.69) is 21.7 Å². The average molecular weight is 417 g/mol. The Hall–Kier alpha value is -3.71. The van der Waals surface area contributed by atoms with E-state index in [1.165, 1.54) is 11.6 Å². The van der Waals surface area contributed by atoms with Gasteiger partial charge in [0.1, 0.15) is 10.8 Å². The number of aromatic nitrogens is 1. The van der Waals surface area contributed by atoms with Crippen LogP contribution in [0.1, 0.15) is 11.1 Å². The lowest BCUT2D eigenvalue weighted by atomic mass is 10.2. The van der Waals surface area contributed by atoms with Crippen LogP contribution in [0, 0.1) is 13.8 Å². The zero-order valence-electron chi connectivity index (χ0n) is 16.4. The SMILES string of the molecule is Cc1ccc(NC(=O)C(=O)Nc2ccc(-c3nc4ccc(C)cc4s3)cc2)c(O)c1. The van der Waals surface area contributed by atoms with E-state index < -0.39 is 11.8 Å². The molecule has 0 bridgehead atoms. The number of hydrogen-bond acceptors (Lipinski definition) is 5. The smallest absolute Gasteiger partial charge is 0.314 e. The van der Waals surface area contributed by atoms with Crippen molar-refractivity contribution in [2.75, 3.05) is 10.6 Å². The van der Waals surface area contributed by atoms with Crippen LogP contribution in [-0.4, -0.2) is 21.9 Å². The Labute approximate surface area is 177 Å². The standard InChI is InChI=1S/C23H19N3O3S/c1-13-3-9-17(19(27)11-13)25-22(29)21(28)24-16-7-5-15(6-8-16)23-26-18-10-4-14(2)12-20(18)30-23/h3-12,27H,1-2H3,(H,24,28)(H,25,29). The van der Waals surface area contributed by atoms with Crippen LogP contribution < -0.4 is 10.6 Å². The number of amides is 2. The lowest BCUT2D eigenvalue weighted by Crippen LogP contribution is -2.29. The van der Waals surface area contributed by atoms with Gasteiger partial charge in [-0.05, 0) is 73.5 Å². The van der Waals surface area contributed by atoms with Gasteiger partial charge in [0, 0.05) is 11.3 Å². The van der Waals surface area contributed by atoms with Crippen molar-refractivity contribution in [3.05, 3.63) is 71.8 Å². The summed E-state index contributed by atoms with van der Waals surface area (Å²) in [6.07, 6.45) is 0. The number of hydrogen-bond donors (Lipinski definition) is 3. The van der Waals surface area contributed by atoms with Crippen molar-refractivity contribution in [1.29, 1.82) is 0 Å². The molecule has 0 aliphatic rings. The van der Waals surface area contributed by atoms with E-state index in [4.69, 9.17) is 0 Å². The van der Waals surface area contributed by atoms with Gasteiger partial charge in [-0.2, -0.15) is 0 Å². The number of phenols is 1. The van der Waals surface area contributed by atoms with E-state index in [9.17, 15) is 14.7 Å². The van der Waals surface area contributed by atoms with Gasteiger partial charge >= 0.3 is 11.8 Å². The van der Waals surface area contributed by atoms with Crippen molar-refractivity contribution < 1.29 is 14.7 Å². The third-order valence-electron chi connectivity index (χ3n) is 4.54. The fourth-order valence-electron chi connectivity index (χ4n) is 2.97. The average Bonchev–Trinajstić information content (AvgIpc) is 3.13. The highest BCUT2D eigenvalue weighted by molar-refractivity contribution is 7.21. The van der Waals surface area contributed by atoms with Crippen molar-refractivity contribution in [1.82, 2.24) is 4.98 Å². The van der Waals surface area contributed by atoms with Gasteiger partial charge in [-0.1, -0.05) is 12.1 Å². The number of nitrogens with zero attached hydrogens (tertiary/aromatic N) is 1. The first-order chi connectivity index (χ1) is 14.4. The minimum Gasteiger partial charge on any atom is -0.506 e. The van der Waals surface area contributed by atoms with E-state index in [1.807, 2.05) is 38.1 Å². The molecule has 0 aliphatic carbocycles. The third kappa shape index (κ3) is 4.16. The molecule has 0 unspecified atom stereocenters. The molecular weight excluding hydrogens is 398 g/mol. The Morgan fingerprint density at radius 1 is 0.867 bits per heavy atom. The first-order valence-corrected chi connectivity index (χ1v) is 10.1. The molecule has 3 N–H and O–H groups in total. The highest BCUT2D eigenvalue weighted by Gasteiger charge is 2.16. The van der Waals surface area contributed by atoms with Gasteiger partial charge in [0.05, 0.1) is 15.9 Å². The Kier molecular flexibility index (Phi) is 5.20. The maximum atomic E-state index is 12.2. The van der Waals surface area contributed by atoms with E-state index in [1.54, 1.807) is 35.6 Å². The summed E-state index contributed by atoms with van der Waals surface area (Å²) in [5, 5.41) is 15.7. The Balaban J connectivity index is 1.44. The molecule has 0 saturated heterocycles. The number of aryl methyl sites for hydroxylation is 2. The van der Waals surface area contributed by atoms with E-state index in [-0.39, 0.29) is 11.4 Å². The summed E-state index contributed by atoms with van der Waals surface area (Å²) in [5.41, 5.74) is 4.59. The van der Waals surface area contributed by atoms with Gasteiger partial charge in [-0.3, -0.25) is 9.59 Å². The van der Waals surface area contributed by atoms with Crippen LogP contribution >= 0.6 is 11.3 Å². The normalized spacial score (nSPS) is 10.7. The molecule has 30 heavy (non-hydrogen) atoms. The summed E-state index contributed by atoms with van der Waals surface area (Å²) < 4.78 is 1.12. The number of phenolic OH excluding ortho intramolecular Hbond substituents is 1. The van der Waals surface area contributed by atoms with Crippen LogP contribution in [0.4, 0.5) is 11.4 Å². The zero-order chi connectivity index (χ0) is 21.3. The molecule has 1 heterocycles. The molecule has 0 aliphatic heterocycles. The molecule has 0 radical (unpaired) electrons. The van der Waals surface area contributed by atoms with Gasteiger partial charge in [-0.15, -0.1) is 11.3 Å². The van der Waals surface area contributed by atoms with Crippen LogP contribution in [0.3, 0.4) is 0 Å². The predicted octanol–water partition coefficient (Wildman–Crippen LogP) is 4.86. The summed E-state index contributed by atoms with van der Waals surface area (Å²) >= 11 is 1.61. The number of aromatic hydroxyl groups is 1. The second-order valence-electron chi connectivity index (χ2n) is 7.00. The number of rotatable bonds is 3. The van der Waals surface area contributed by atoms with E-state index in [0.29, 0.717) is 5.69 Å². The van der Waals surface area contributed by atoms with Crippen molar-refractivity contribution in [2.45, 2.75) is 13.8 Å². The van der Waals surface area contributed by atoms with Gasteiger partial charge < -0.3 is 15.7 Å². The van der Waals surface area contributed by atoms with Gasteiger partial charge in [0.2, 0.25) is 0 Å². The van der Waals surface area contributed by atoms with Crippen molar-refractivity contribution in [3.8, 4) is 16.3 Å². The Bertz CT molecular complexity index is 1260. The fourth-order valence-corrected chi connectivity index (χ4v) is 4.04. The lowest BCUT2D eigenvalue weighted by Gasteiger charge is -2.09. The predicted molar refractivity (Wildman–Crippen MR) is 120 cm³/mol. The number of anilines is 2. The second-order valence-corrected chi connectivity index (χ2v) is 8.03. The number of carbonyl (C=O) groups excluding carboxylic acids is 2. The summed E-state index contributed by atoms with van der Waals surface area (Å²) in [4.78, 5) is 29.0. The molecule has 150 valence electrons. The molecule has 0 fully saturated rings. The summed E-state index contributed by atoms with van der Waals surface area (Å²) in [6, 6.07) is 18.1. The van der Waals surface area contributed by atoms with Gasteiger partial charge in [0.15, 0.2) is 0 Å².